The molecule has 3 aromatic rings. The Kier molecular flexibility index (Phi) is 3.48. The molecule has 0 spiro atoms. The Hall–Kier alpha value is -3.90. The van der Waals surface area contributed by atoms with E-state index in [1.54, 1.807) is 12.1 Å². The number of para-hydroxylation sites is 1. The average Bonchev–Trinajstić information content (AvgIpc) is 3.12. The predicted octanol–water partition coefficient (Wildman–Crippen LogP) is 6.14. The monoisotopic (exact) mass is 346 g/mol. The van der Waals surface area contributed by atoms with Crippen molar-refractivity contribution in [2.75, 3.05) is 0 Å². The summed E-state index contributed by atoms with van der Waals surface area (Å²) >= 11 is 0. The molecule has 0 amide bonds. The van der Waals surface area contributed by atoms with Crippen LogP contribution in [0.5, 0.6) is 0 Å². The van der Waals surface area contributed by atoms with Gasteiger partial charge in [-0.3, -0.25) is 0 Å². The zero-order valence-electron chi connectivity index (χ0n) is 14.4. The minimum Gasteiger partial charge on any atom is -0.438 e. The number of hydrogen-bond donors (Lipinski definition) is 0. The van der Waals surface area contributed by atoms with Gasteiger partial charge in [-0.1, -0.05) is 48.5 Å². The van der Waals surface area contributed by atoms with E-state index in [0.29, 0.717) is 11.5 Å². The smallest absolute Gasteiger partial charge is 0.228 e. The maximum absolute atomic E-state index is 9.03. The van der Waals surface area contributed by atoms with E-state index in [-0.39, 0.29) is 0 Å². The van der Waals surface area contributed by atoms with E-state index < -0.39 is 0 Å². The summed E-state index contributed by atoms with van der Waals surface area (Å²) in [5.74, 6) is 1.35. The summed E-state index contributed by atoms with van der Waals surface area (Å²) in [5.41, 5.74) is 5.69. The predicted molar refractivity (Wildman–Crippen MR) is 106 cm³/mol. The van der Waals surface area contributed by atoms with Gasteiger partial charge in [0.25, 0.3) is 0 Å². The third-order valence-electron chi connectivity index (χ3n) is 4.74. The lowest BCUT2D eigenvalue weighted by Gasteiger charge is -2.11. The van der Waals surface area contributed by atoms with Gasteiger partial charge in [0.1, 0.15) is 5.76 Å². The number of fused-ring (bicyclic) bond motifs is 3. The molecule has 126 valence electrons. The minimum atomic E-state index is 0.622. The number of rotatable bonds is 2. The van der Waals surface area contributed by atoms with Crippen molar-refractivity contribution in [2.45, 2.75) is 0 Å². The van der Waals surface area contributed by atoms with Gasteiger partial charge in [0.2, 0.25) is 5.89 Å². The van der Waals surface area contributed by atoms with Crippen LogP contribution >= 0.6 is 0 Å². The molecule has 27 heavy (non-hydrogen) atoms. The molecular formula is C24H14N2O. The molecular weight excluding hydrogens is 332 g/mol. The molecule has 0 unspecified atom stereocenters. The van der Waals surface area contributed by atoms with Crippen molar-refractivity contribution in [3.63, 3.8) is 0 Å². The Morgan fingerprint density at radius 1 is 0.778 bits per heavy atom. The number of nitriles is 1. The zero-order valence-corrected chi connectivity index (χ0v) is 14.4. The lowest BCUT2D eigenvalue weighted by atomic mass is 9.97. The highest BCUT2D eigenvalue weighted by Crippen LogP contribution is 2.42. The Balaban J connectivity index is 1.82. The number of nitrogens with zero attached hydrogens (tertiary/aromatic N) is 2. The summed E-state index contributed by atoms with van der Waals surface area (Å²) in [6.07, 6.45) is 0. The second-order valence-corrected chi connectivity index (χ2v) is 6.39. The molecule has 0 N–H and O–H groups in total. The standard InChI is InChI=1S/C24H14N2O/c25-15-16-10-12-18(13-11-16)22-14-20(17-6-2-1-3-7-17)23-19-8-4-5-9-21(19)26-24(23)27-22/h1-14H. The molecule has 0 fully saturated rings. The third kappa shape index (κ3) is 2.56. The van der Waals surface area contributed by atoms with E-state index in [9.17, 15) is 0 Å². The van der Waals surface area contributed by atoms with Gasteiger partial charge in [-0.2, -0.15) is 5.26 Å². The highest BCUT2D eigenvalue weighted by Gasteiger charge is 2.21. The zero-order chi connectivity index (χ0) is 18.2. The van der Waals surface area contributed by atoms with E-state index in [1.165, 1.54) is 0 Å². The third-order valence-corrected chi connectivity index (χ3v) is 4.74. The highest BCUT2D eigenvalue weighted by atomic mass is 16.3. The van der Waals surface area contributed by atoms with Crippen LogP contribution in [-0.2, 0) is 0 Å². The SMILES string of the molecule is N#Cc1ccc(-c2cc(-c3ccccc3)c3c4ccccc4nc-3o2)cc1. The van der Waals surface area contributed by atoms with Crippen molar-refractivity contribution in [3.05, 3.63) is 90.5 Å². The van der Waals surface area contributed by atoms with Gasteiger partial charge in [-0.05, 0) is 47.5 Å². The Labute approximate surface area is 156 Å². The van der Waals surface area contributed by atoms with Crippen LogP contribution in [0, 0.1) is 11.3 Å². The number of benzene rings is 3. The number of hydrogen-bond acceptors (Lipinski definition) is 3. The first-order valence-corrected chi connectivity index (χ1v) is 8.72. The molecule has 5 rings (SSSR count). The maximum atomic E-state index is 9.03. The normalized spacial score (nSPS) is 10.9. The van der Waals surface area contributed by atoms with Gasteiger partial charge in [-0.15, -0.1) is 0 Å². The molecule has 0 saturated carbocycles. The fraction of sp³-hybridized carbons (Fsp3) is 0. The second kappa shape index (κ2) is 6.12. The summed E-state index contributed by atoms with van der Waals surface area (Å²) in [6, 6.07) is 30.0. The Morgan fingerprint density at radius 2 is 1.52 bits per heavy atom. The van der Waals surface area contributed by atoms with E-state index in [1.807, 2.05) is 48.5 Å². The van der Waals surface area contributed by atoms with Crippen LogP contribution in [0.2, 0.25) is 0 Å². The highest BCUT2D eigenvalue weighted by molar-refractivity contribution is 6.03. The molecule has 3 nitrogen and oxygen atoms in total. The summed E-state index contributed by atoms with van der Waals surface area (Å²) in [5, 5.41) is 10.1. The van der Waals surface area contributed by atoms with Crippen LogP contribution in [0.1, 0.15) is 5.56 Å². The molecule has 0 atom stereocenters. The Morgan fingerprint density at radius 3 is 2.30 bits per heavy atom. The van der Waals surface area contributed by atoms with Gasteiger partial charge < -0.3 is 4.42 Å². The van der Waals surface area contributed by atoms with E-state index in [4.69, 9.17) is 14.7 Å². The minimum absolute atomic E-state index is 0.622. The largest absolute Gasteiger partial charge is 0.438 e. The fourth-order valence-corrected chi connectivity index (χ4v) is 3.43. The molecule has 3 aromatic carbocycles. The molecule has 0 radical (unpaired) electrons. The molecule has 2 heterocycles. The molecule has 3 heteroatoms. The van der Waals surface area contributed by atoms with E-state index >= 15 is 0 Å². The van der Waals surface area contributed by atoms with Gasteiger partial charge in [0.15, 0.2) is 0 Å². The van der Waals surface area contributed by atoms with Crippen LogP contribution in [0.15, 0.2) is 89.3 Å². The summed E-state index contributed by atoms with van der Waals surface area (Å²) in [4.78, 5) is 4.70. The summed E-state index contributed by atoms with van der Waals surface area (Å²) < 4.78 is 6.17. The van der Waals surface area contributed by atoms with Crippen molar-refractivity contribution >= 4 is 10.9 Å². The van der Waals surface area contributed by atoms with Crippen molar-refractivity contribution in [2.24, 2.45) is 0 Å². The van der Waals surface area contributed by atoms with Crippen molar-refractivity contribution in [1.82, 2.24) is 4.98 Å². The Bertz CT molecular complexity index is 1260. The molecule has 2 aliphatic rings. The van der Waals surface area contributed by atoms with E-state index in [0.717, 1.165) is 38.9 Å². The van der Waals surface area contributed by atoms with Crippen LogP contribution in [-0.4, -0.2) is 4.98 Å². The van der Waals surface area contributed by atoms with Crippen molar-refractivity contribution in [3.8, 4) is 40.0 Å². The average molecular weight is 346 g/mol. The molecule has 2 aliphatic heterocycles. The molecule has 0 saturated heterocycles. The van der Waals surface area contributed by atoms with Gasteiger partial charge in [0.05, 0.1) is 22.7 Å². The lowest BCUT2D eigenvalue weighted by molar-refractivity contribution is 0.569. The van der Waals surface area contributed by atoms with Gasteiger partial charge in [-0.25, -0.2) is 4.98 Å². The first-order chi connectivity index (χ1) is 13.3. The van der Waals surface area contributed by atoms with Crippen LogP contribution in [0.25, 0.3) is 44.8 Å². The fourth-order valence-electron chi connectivity index (χ4n) is 3.43. The summed E-state index contributed by atoms with van der Waals surface area (Å²) in [6.45, 7) is 0. The molecule has 0 aromatic heterocycles. The maximum Gasteiger partial charge on any atom is 0.228 e. The van der Waals surface area contributed by atoms with E-state index in [2.05, 4.69) is 30.3 Å². The first-order valence-electron chi connectivity index (χ1n) is 8.72. The summed E-state index contributed by atoms with van der Waals surface area (Å²) in [7, 11) is 0. The topological polar surface area (TPSA) is 49.8 Å². The van der Waals surface area contributed by atoms with Crippen LogP contribution < -0.4 is 0 Å². The first kappa shape index (κ1) is 15.4. The molecule has 0 bridgehead atoms. The number of aromatic nitrogens is 1. The van der Waals surface area contributed by atoms with Crippen LogP contribution in [0.4, 0.5) is 0 Å². The van der Waals surface area contributed by atoms with Crippen molar-refractivity contribution in [1.29, 1.82) is 5.26 Å². The van der Waals surface area contributed by atoms with Gasteiger partial charge in [0, 0.05) is 10.9 Å². The lowest BCUT2D eigenvalue weighted by Crippen LogP contribution is -1.89. The second-order valence-electron chi connectivity index (χ2n) is 6.39. The quantitative estimate of drug-likeness (QED) is 0.386. The van der Waals surface area contributed by atoms with Crippen LogP contribution in [0.3, 0.4) is 0 Å². The van der Waals surface area contributed by atoms with Gasteiger partial charge >= 0.3 is 0 Å². The molecule has 0 aliphatic carbocycles. The van der Waals surface area contributed by atoms with Crippen molar-refractivity contribution < 1.29 is 4.42 Å².